The van der Waals surface area contributed by atoms with Gasteiger partial charge in [-0.3, -0.25) is 4.68 Å². The third-order valence-corrected chi connectivity index (χ3v) is 5.58. The van der Waals surface area contributed by atoms with Crippen LogP contribution >= 0.6 is 0 Å². The molecule has 0 bridgehead atoms. The van der Waals surface area contributed by atoms with Crippen LogP contribution in [0.25, 0.3) is 0 Å². The number of carbonyl (C=O) groups excluding carboxylic acids is 1. The van der Waals surface area contributed by atoms with Gasteiger partial charge in [-0.05, 0) is 61.3 Å². The van der Waals surface area contributed by atoms with E-state index in [1.807, 2.05) is 64.2 Å². The van der Waals surface area contributed by atoms with Gasteiger partial charge in [-0.2, -0.15) is 5.10 Å². The first-order chi connectivity index (χ1) is 12.4. The summed E-state index contributed by atoms with van der Waals surface area (Å²) >= 11 is 0. The van der Waals surface area contributed by atoms with Crippen molar-refractivity contribution in [3.8, 4) is 0 Å². The van der Waals surface area contributed by atoms with Gasteiger partial charge in [-0.25, -0.2) is 4.79 Å². The van der Waals surface area contributed by atoms with Gasteiger partial charge in [0, 0.05) is 24.4 Å². The fourth-order valence-electron chi connectivity index (χ4n) is 3.38. The van der Waals surface area contributed by atoms with Crippen molar-refractivity contribution in [3.63, 3.8) is 0 Å². The summed E-state index contributed by atoms with van der Waals surface area (Å²) in [6, 6.07) is 0.0888. The molecular formula is C19H32BN3O4. The lowest BCUT2D eigenvalue weighted by Gasteiger charge is -2.32. The summed E-state index contributed by atoms with van der Waals surface area (Å²) in [4.78, 5) is 14.3. The molecule has 3 rings (SSSR count). The number of aromatic nitrogens is 2. The number of nitrogens with zero attached hydrogens (tertiary/aromatic N) is 3. The highest BCUT2D eigenvalue weighted by Gasteiger charge is 2.52. The summed E-state index contributed by atoms with van der Waals surface area (Å²) in [7, 11) is -0.422. The Bertz CT molecular complexity index is 679. The molecule has 1 amide bonds. The van der Waals surface area contributed by atoms with E-state index in [0.717, 1.165) is 24.8 Å². The van der Waals surface area contributed by atoms with Crippen LogP contribution < -0.4 is 5.46 Å². The van der Waals surface area contributed by atoms with Crippen molar-refractivity contribution in [2.45, 2.75) is 90.7 Å². The Hall–Kier alpha value is -1.54. The van der Waals surface area contributed by atoms with E-state index in [4.69, 9.17) is 14.0 Å². The molecule has 1 aromatic heterocycles. The second-order valence-corrected chi connectivity index (χ2v) is 9.55. The maximum atomic E-state index is 12.5. The predicted molar refractivity (Wildman–Crippen MR) is 104 cm³/mol. The lowest BCUT2D eigenvalue weighted by Crippen LogP contribution is -2.41. The van der Waals surface area contributed by atoms with Crippen molar-refractivity contribution in [2.75, 3.05) is 6.54 Å². The first-order valence-electron chi connectivity index (χ1n) is 9.76. The molecule has 0 N–H and O–H groups in total. The van der Waals surface area contributed by atoms with E-state index in [1.165, 1.54) is 0 Å². The molecule has 2 fully saturated rings. The van der Waals surface area contributed by atoms with Gasteiger partial charge in [0.2, 0.25) is 0 Å². The van der Waals surface area contributed by atoms with Crippen molar-refractivity contribution >= 4 is 18.7 Å². The fraction of sp³-hybridized carbons (Fsp3) is 0.789. The molecule has 150 valence electrons. The van der Waals surface area contributed by atoms with Crippen LogP contribution in [0, 0.1) is 0 Å². The molecule has 8 heteroatoms. The molecule has 0 unspecified atom stereocenters. The largest absolute Gasteiger partial charge is 0.498 e. The Morgan fingerprint density at radius 1 is 1.30 bits per heavy atom. The second-order valence-electron chi connectivity index (χ2n) is 9.55. The molecular weight excluding hydrogens is 345 g/mol. The van der Waals surface area contributed by atoms with Crippen LogP contribution in [0.4, 0.5) is 4.79 Å². The van der Waals surface area contributed by atoms with E-state index in [9.17, 15) is 4.79 Å². The van der Waals surface area contributed by atoms with E-state index < -0.39 is 12.7 Å². The average molecular weight is 377 g/mol. The molecule has 2 saturated heterocycles. The van der Waals surface area contributed by atoms with E-state index in [-0.39, 0.29) is 23.3 Å². The Labute approximate surface area is 162 Å². The molecule has 1 atom stereocenters. The smallest absolute Gasteiger partial charge is 0.444 e. The van der Waals surface area contributed by atoms with E-state index in [2.05, 4.69) is 5.10 Å². The zero-order valence-electron chi connectivity index (χ0n) is 17.6. The lowest BCUT2D eigenvalue weighted by molar-refractivity contribution is 0.00578. The number of likely N-dealkylation sites (tertiary alicyclic amines) is 1. The van der Waals surface area contributed by atoms with Gasteiger partial charge in [0.1, 0.15) is 5.60 Å². The zero-order chi connectivity index (χ0) is 20.0. The Morgan fingerprint density at radius 2 is 1.93 bits per heavy atom. The SMILES string of the molecule is CC(C)(C)OC(=O)N1CCC[C@@H]1Cn1cc(B2OC(C)(C)C(C)(C)O2)cn1. The second kappa shape index (κ2) is 6.81. The summed E-state index contributed by atoms with van der Waals surface area (Å²) in [5.74, 6) is 0. The van der Waals surface area contributed by atoms with Gasteiger partial charge < -0.3 is 18.9 Å². The molecule has 0 aromatic carbocycles. The highest BCUT2D eigenvalue weighted by atomic mass is 16.7. The van der Waals surface area contributed by atoms with Crippen LogP contribution in [-0.2, 0) is 20.6 Å². The summed E-state index contributed by atoms with van der Waals surface area (Å²) in [6.45, 7) is 15.2. The average Bonchev–Trinajstić information content (AvgIpc) is 3.17. The van der Waals surface area contributed by atoms with E-state index in [1.54, 1.807) is 6.20 Å². The summed E-state index contributed by atoms with van der Waals surface area (Å²) in [5.41, 5.74) is -0.340. The van der Waals surface area contributed by atoms with Gasteiger partial charge in [-0.15, -0.1) is 0 Å². The van der Waals surface area contributed by atoms with Crippen LogP contribution in [0.5, 0.6) is 0 Å². The van der Waals surface area contributed by atoms with E-state index >= 15 is 0 Å². The highest BCUT2D eigenvalue weighted by Crippen LogP contribution is 2.36. The number of amides is 1. The van der Waals surface area contributed by atoms with Gasteiger partial charge >= 0.3 is 13.2 Å². The molecule has 7 nitrogen and oxygen atoms in total. The van der Waals surface area contributed by atoms with Crippen LogP contribution in [0.3, 0.4) is 0 Å². The van der Waals surface area contributed by atoms with Crippen LogP contribution in [0.15, 0.2) is 12.4 Å². The van der Waals surface area contributed by atoms with Crippen molar-refractivity contribution in [1.29, 1.82) is 0 Å². The minimum absolute atomic E-state index is 0.0888. The van der Waals surface area contributed by atoms with Crippen molar-refractivity contribution in [2.24, 2.45) is 0 Å². The molecule has 0 aliphatic carbocycles. The normalized spacial score (nSPS) is 24.5. The topological polar surface area (TPSA) is 65.8 Å². The minimum Gasteiger partial charge on any atom is -0.444 e. The van der Waals surface area contributed by atoms with Gasteiger partial charge in [0.05, 0.1) is 23.8 Å². The van der Waals surface area contributed by atoms with E-state index in [0.29, 0.717) is 6.54 Å². The van der Waals surface area contributed by atoms with Crippen molar-refractivity contribution < 1.29 is 18.8 Å². The first-order valence-corrected chi connectivity index (χ1v) is 9.76. The number of ether oxygens (including phenoxy) is 1. The highest BCUT2D eigenvalue weighted by molar-refractivity contribution is 6.61. The fourth-order valence-corrected chi connectivity index (χ4v) is 3.38. The maximum Gasteiger partial charge on any atom is 0.498 e. The van der Waals surface area contributed by atoms with Crippen LogP contribution in [0.2, 0.25) is 0 Å². The Balaban J connectivity index is 1.65. The molecule has 2 aliphatic heterocycles. The summed E-state index contributed by atoms with van der Waals surface area (Å²) < 4.78 is 19.6. The standard InChI is InChI=1S/C19H32BN3O4/c1-17(2,3)25-16(24)23-10-8-9-15(23)13-22-12-14(11-21-22)20-26-18(4,5)19(6,7)27-20/h11-12,15H,8-10,13H2,1-7H3/t15-/m1/s1. The Morgan fingerprint density at radius 3 is 2.52 bits per heavy atom. The Kier molecular flexibility index (Phi) is 5.10. The zero-order valence-corrected chi connectivity index (χ0v) is 17.6. The van der Waals surface area contributed by atoms with Gasteiger partial charge in [0.25, 0.3) is 0 Å². The monoisotopic (exact) mass is 377 g/mol. The third-order valence-electron chi connectivity index (χ3n) is 5.58. The molecule has 0 spiro atoms. The number of rotatable bonds is 3. The van der Waals surface area contributed by atoms with Gasteiger partial charge in [0.15, 0.2) is 0 Å². The first kappa shape index (κ1) is 20.2. The number of hydrogen-bond acceptors (Lipinski definition) is 5. The molecule has 2 aliphatic rings. The maximum absolute atomic E-state index is 12.5. The molecule has 1 aromatic rings. The van der Waals surface area contributed by atoms with Crippen molar-refractivity contribution in [1.82, 2.24) is 14.7 Å². The third kappa shape index (κ3) is 4.32. The molecule has 0 saturated carbocycles. The lowest BCUT2D eigenvalue weighted by atomic mass is 9.82. The predicted octanol–water partition coefficient (Wildman–Crippen LogP) is 2.58. The van der Waals surface area contributed by atoms with Gasteiger partial charge in [-0.1, -0.05) is 0 Å². The molecule has 3 heterocycles. The molecule has 27 heavy (non-hydrogen) atoms. The van der Waals surface area contributed by atoms with Crippen molar-refractivity contribution in [3.05, 3.63) is 12.4 Å². The quantitative estimate of drug-likeness (QED) is 0.758. The molecule has 0 radical (unpaired) electrons. The summed E-state index contributed by atoms with van der Waals surface area (Å²) in [5, 5.41) is 4.47. The minimum atomic E-state index is -0.486. The summed E-state index contributed by atoms with van der Waals surface area (Å²) in [6.07, 6.45) is 5.42. The van der Waals surface area contributed by atoms with Crippen LogP contribution in [0.1, 0.15) is 61.3 Å². The van der Waals surface area contributed by atoms with Crippen LogP contribution in [-0.4, -0.2) is 57.3 Å². The number of hydrogen-bond donors (Lipinski definition) is 0. The number of carbonyl (C=O) groups is 1.